The zero-order chi connectivity index (χ0) is 16.0. The van der Waals surface area contributed by atoms with E-state index in [2.05, 4.69) is 15.3 Å². The molecule has 7 heteroatoms. The maximum absolute atomic E-state index is 12.7. The van der Waals surface area contributed by atoms with Gasteiger partial charge in [-0.3, -0.25) is 0 Å². The first-order chi connectivity index (χ1) is 11.1. The van der Waals surface area contributed by atoms with Gasteiger partial charge in [0.05, 0.1) is 21.8 Å². The number of benzene rings is 1. The highest BCUT2D eigenvalue weighted by Gasteiger charge is 2.43. The van der Waals surface area contributed by atoms with Gasteiger partial charge in [0.2, 0.25) is 0 Å². The number of urea groups is 1. The predicted octanol–water partition coefficient (Wildman–Crippen LogP) is 4.08. The highest BCUT2D eigenvalue weighted by molar-refractivity contribution is 6.42. The zero-order valence-corrected chi connectivity index (χ0v) is 13.7. The van der Waals surface area contributed by atoms with Crippen LogP contribution < -0.4 is 5.32 Å². The number of hydrogen-bond acceptors (Lipinski definition) is 3. The second-order valence-electron chi connectivity index (χ2n) is 5.84. The fraction of sp³-hybridized carbons (Fsp3) is 0.312. The average molecular weight is 349 g/mol. The fourth-order valence-corrected chi connectivity index (χ4v) is 3.79. The lowest BCUT2D eigenvalue weighted by Crippen LogP contribution is -2.44. The molecule has 23 heavy (non-hydrogen) atoms. The Kier molecular flexibility index (Phi) is 3.62. The van der Waals surface area contributed by atoms with Crippen molar-refractivity contribution in [3.8, 4) is 0 Å². The Morgan fingerprint density at radius 2 is 2.13 bits per heavy atom. The molecule has 2 aliphatic heterocycles. The van der Waals surface area contributed by atoms with Crippen molar-refractivity contribution in [1.29, 1.82) is 0 Å². The molecule has 1 aromatic heterocycles. The normalized spacial score (nSPS) is 21.9. The van der Waals surface area contributed by atoms with Gasteiger partial charge in [0.25, 0.3) is 0 Å². The maximum atomic E-state index is 12.7. The minimum atomic E-state index is -0.120. The van der Waals surface area contributed by atoms with Crippen LogP contribution >= 0.6 is 23.2 Å². The van der Waals surface area contributed by atoms with Crippen LogP contribution in [0.4, 0.5) is 10.5 Å². The van der Waals surface area contributed by atoms with Crippen molar-refractivity contribution in [3.63, 3.8) is 0 Å². The molecule has 0 spiro atoms. The number of carbonyl (C=O) groups excluding carboxylic acids is 1. The lowest BCUT2D eigenvalue weighted by Gasteiger charge is -2.35. The third-order valence-electron chi connectivity index (χ3n) is 4.52. The molecule has 1 N–H and O–H groups in total. The van der Waals surface area contributed by atoms with Gasteiger partial charge in [-0.05, 0) is 31.0 Å². The van der Waals surface area contributed by atoms with Gasteiger partial charge in [0.15, 0.2) is 0 Å². The Morgan fingerprint density at radius 3 is 2.96 bits per heavy atom. The van der Waals surface area contributed by atoms with Gasteiger partial charge in [0.1, 0.15) is 6.33 Å². The Bertz CT molecular complexity index is 782. The quantitative estimate of drug-likeness (QED) is 0.844. The molecule has 118 valence electrons. The van der Waals surface area contributed by atoms with E-state index < -0.39 is 0 Å². The van der Waals surface area contributed by atoms with Crippen molar-refractivity contribution in [2.24, 2.45) is 0 Å². The first-order valence-electron chi connectivity index (χ1n) is 7.46. The summed E-state index contributed by atoms with van der Waals surface area (Å²) in [5, 5.41) is 3.80. The lowest BCUT2D eigenvalue weighted by molar-refractivity contribution is 0.178. The van der Waals surface area contributed by atoms with Crippen molar-refractivity contribution in [3.05, 3.63) is 52.0 Å². The van der Waals surface area contributed by atoms with Crippen molar-refractivity contribution in [1.82, 2.24) is 14.9 Å². The van der Waals surface area contributed by atoms with Crippen molar-refractivity contribution < 1.29 is 4.79 Å². The topological polar surface area (TPSA) is 58.1 Å². The van der Waals surface area contributed by atoms with Gasteiger partial charge in [-0.25, -0.2) is 14.8 Å². The van der Waals surface area contributed by atoms with E-state index in [1.807, 2.05) is 11.1 Å². The molecule has 2 aromatic rings. The molecule has 2 atom stereocenters. The van der Waals surface area contributed by atoms with Gasteiger partial charge in [-0.1, -0.05) is 23.2 Å². The van der Waals surface area contributed by atoms with Crippen molar-refractivity contribution >= 4 is 34.9 Å². The summed E-state index contributed by atoms with van der Waals surface area (Å²) in [5.41, 5.74) is 2.76. The zero-order valence-electron chi connectivity index (χ0n) is 12.2. The summed E-state index contributed by atoms with van der Waals surface area (Å²) in [4.78, 5) is 23.1. The molecule has 3 heterocycles. The second kappa shape index (κ2) is 5.65. The summed E-state index contributed by atoms with van der Waals surface area (Å²) in [6, 6.07) is 5.19. The number of hydrogen-bond donors (Lipinski definition) is 1. The van der Waals surface area contributed by atoms with E-state index in [9.17, 15) is 4.79 Å². The molecule has 1 aromatic carbocycles. The molecule has 5 nitrogen and oxygen atoms in total. The molecular weight excluding hydrogens is 335 g/mol. The van der Waals surface area contributed by atoms with E-state index in [-0.39, 0.29) is 18.1 Å². The number of nitrogens with zero attached hydrogens (tertiary/aromatic N) is 3. The summed E-state index contributed by atoms with van der Waals surface area (Å²) in [7, 11) is 0. The highest BCUT2D eigenvalue weighted by atomic mass is 35.5. The predicted molar refractivity (Wildman–Crippen MR) is 88.8 cm³/mol. The van der Waals surface area contributed by atoms with Gasteiger partial charge in [-0.2, -0.15) is 0 Å². The summed E-state index contributed by atoms with van der Waals surface area (Å²) < 4.78 is 0. The van der Waals surface area contributed by atoms with E-state index in [0.717, 1.165) is 30.5 Å². The van der Waals surface area contributed by atoms with Gasteiger partial charge < -0.3 is 10.2 Å². The number of halogens is 2. The highest BCUT2D eigenvalue weighted by Crippen LogP contribution is 2.43. The summed E-state index contributed by atoms with van der Waals surface area (Å²) in [5.74, 6) is 0. The molecule has 0 aliphatic carbocycles. The minimum absolute atomic E-state index is 0.0488. The van der Waals surface area contributed by atoms with E-state index in [1.165, 1.54) is 0 Å². The first-order valence-corrected chi connectivity index (χ1v) is 8.22. The van der Waals surface area contributed by atoms with Crippen LogP contribution in [0.2, 0.25) is 10.0 Å². The van der Waals surface area contributed by atoms with Crippen molar-refractivity contribution in [2.45, 2.75) is 31.3 Å². The summed E-state index contributed by atoms with van der Waals surface area (Å²) >= 11 is 11.9. The van der Waals surface area contributed by atoms with Crippen molar-refractivity contribution in [2.75, 3.05) is 5.32 Å². The molecular formula is C16H14Cl2N4O. The van der Waals surface area contributed by atoms with Crippen LogP contribution in [0.5, 0.6) is 0 Å². The molecule has 1 saturated heterocycles. The van der Waals surface area contributed by atoms with Gasteiger partial charge in [0, 0.05) is 29.9 Å². The number of fused-ring (bicyclic) bond motifs is 4. The standard InChI is InChI=1S/C16H14Cl2N4O/c17-12-3-1-9(5-13(12)18)21-16(23)22-10-2-4-15(22)11-7-19-8-20-14(11)6-10/h1,3,5,7-8,10,15H,2,4,6H2,(H,21,23)/t10-,15+/m1/s1. The van der Waals surface area contributed by atoms with Crippen LogP contribution in [0.25, 0.3) is 0 Å². The average Bonchev–Trinajstić information content (AvgIpc) is 2.86. The van der Waals surface area contributed by atoms with Crippen LogP contribution in [0, 0.1) is 0 Å². The summed E-state index contributed by atoms with van der Waals surface area (Å²) in [6.45, 7) is 0. The number of aromatic nitrogens is 2. The Labute approximate surface area is 143 Å². The molecule has 1 fully saturated rings. The number of rotatable bonds is 1. The Balaban J connectivity index is 1.59. The number of nitrogens with one attached hydrogen (secondary N) is 1. The molecule has 0 unspecified atom stereocenters. The molecule has 0 radical (unpaired) electrons. The van der Waals surface area contributed by atoms with Crippen LogP contribution in [0.3, 0.4) is 0 Å². The van der Waals surface area contributed by atoms with Gasteiger partial charge in [-0.15, -0.1) is 0 Å². The van der Waals surface area contributed by atoms with E-state index in [0.29, 0.717) is 15.7 Å². The molecule has 0 saturated carbocycles. The third kappa shape index (κ3) is 2.54. The first kappa shape index (κ1) is 14.7. The Morgan fingerprint density at radius 1 is 1.26 bits per heavy atom. The molecule has 4 rings (SSSR count). The maximum Gasteiger partial charge on any atom is 0.322 e. The fourth-order valence-electron chi connectivity index (χ4n) is 3.50. The van der Waals surface area contributed by atoms with E-state index in [1.54, 1.807) is 24.5 Å². The minimum Gasteiger partial charge on any atom is -0.314 e. The van der Waals surface area contributed by atoms with E-state index >= 15 is 0 Å². The SMILES string of the molecule is O=C(Nc1ccc(Cl)c(Cl)c1)N1[C@@H]2CC[C@H]1c1cncnc1C2. The van der Waals surface area contributed by atoms with Gasteiger partial charge >= 0.3 is 6.03 Å². The molecule has 2 aliphatic rings. The Hall–Kier alpha value is -1.85. The van der Waals surface area contributed by atoms with Crippen LogP contribution in [0.1, 0.15) is 30.1 Å². The second-order valence-corrected chi connectivity index (χ2v) is 6.66. The number of anilines is 1. The monoisotopic (exact) mass is 348 g/mol. The number of carbonyl (C=O) groups is 1. The van der Waals surface area contributed by atoms with E-state index in [4.69, 9.17) is 23.2 Å². The summed E-state index contributed by atoms with van der Waals surface area (Å²) in [6.07, 6.45) is 6.11. The van der Waals surface area contributed by atoms with Crippen LogP contribution in [-0.4, -0.2) is 26.9 Å². The molecule has 2 bridgehead atoms. The largest absolute Gasteiger partial charge is 0.322 e. The lowest BCUT2D eigenvalue weighted by atomic mass is 10.00. The third-order valence-corrected chi connectivity index (χ3v) is 5.26. The molecule has 2 amide bonds. The smallest absolute Gasteiger partial charge is 0.314 e. The van der Waals surface area contributed by atoms with Crippen LogP contribution in [0.15, 0.2) is 30.7 Å². The number of amides is 2. The van der Waals surface area contributed by atoms with Crippen LogP contribution in [-0.2, 0) is 6.42 Å².